The summed E-state index contributed by atoms with van der Waals surface area (Å²) in [6, 6.07) is 111. The second kappa shape index (κ2) is 17.7. The molecular weight excluding hydrogens is 935 g/mol. The number of fused-ring (bicyclic) bond motifs is 9. The second-order valence-electron chi connectivity index (χ2n) is 20.3. The minimum Gasteiger partial charge on any atom is -0.310 e. The molecule has 2 aliphatic rings. The van der Waals surface area contributed by atoms with Gasteiger partial charge in [-0.2, -0.15) is 0 Å². The molecule has 12 aromatic carbocycles. The average Bonchev–Trinajstić information content (AvgIpc) is 4.23. The largest absolute Gasteiger partial charge is 0.310 e. The molecule has 0 spiro atoms. The normalized spacial score (nSPS) is 13.5. The highest BCUT2D eigenvalue weighted by atomic mass is 32.1. The average molecular weight is 984 g/mol. The quantitative estimate of drug-likeness (QED) is 0.139. The van der Waals surface area contributed by atoms with Crippen LogP contribution in [0.1, 0.15) is 44.5 Å². The summed E-state index contributed by atoms with van der Waals surface area (Å²) in [6.07, 6.45) is 0. The van der Waals surface area contributed by atoms with E-state index in [4.69, 9.17) is 0 Å². The van der Waals surface area contributed by atoms with Gasteiger partial charge in [0.25, 0.3) is 0 Å². The first kappa shape index (κ1) is 44.2. The summed E-state index contributed by atoms with van der Waals surface area (Å²) in [5.74, 6) is 0. The molecule has 0 unspecified atom stereocenters. The van der Waals surface area contributed by atoms with E-state index < -0.39 is 10.8 Å². The monoisotopic (exact) mass is 983 g/mol. The van der Waals surface area contributed by atoms with Gasteiger partial charge in [0.15, 0.2) is 0 Å². The van der Waals surface area contributed by atoms with Crippen LogP contribution in [-0.4, -0.2) is 0 Å². The van der Waals surface area contributed by atoms with Crippen molar-refractivity contribution in [3.05, 3.63) is 342 Å². The fraction of sp³-hybridized carbons (Fsp3) is 0.0270. The maximum Gasteiger partial charge on any atom is 0.0714 e. The van der Waals surface area contributed by atoms with Crippen molar-refractivity contribution in [2.45, 2.75) is 10.8 Å². The first-order valence-electron chi connectivity index (χ1n) is 26.3. The van der Waals surface area contributed by atoms with Gasteiger partial charge in [0.1, 0.15) is 0 Å². The summed E-state index contributed by atoms with van der Waals surface area (Å²) in [6.45, 7) is 0. The molecule has 2 aliphatic carbocycles. The number of benzene rings is 12. The molecule has 1 aromatic heterocycles. The zero-order valence-electron chi connectivity index (χ0n) is 41.6. The van der Waals surface area contributed by atoms with E-state index in [1.165, 1.54) is 109 Å². The molecule has 0 atom stereocenters. The lowest BCUT2D eigenvalue weighted by molar-refractivity contribution is 0.768. The Kier molecular flexibility index (Phi) is 10.3. The van der Waals surface area contributed by atoms with Crippen LogP contribution in [0.2, 0.25) is 0 Å². The molecule has 356 valence electrons. The van der Waals surface area contributed by atoms with E-state index in [9.17, 15) is 0 Å². The van der Waals surface area contributed by atoms with Gasteiger partial charge < -0.3 is 4.90 Å². The predicted octanol–water partition coefficient (Wildman–Crippen LogP) is 19.6. The van der Waals surface area contributed by atoms with Crippen LogP contribution in [-0.2, 0) is 10.8 Å². The molecule has 1 nitrogen and oxygen atoms in total. The third-order valence-electron chi connectivity index (χ3n) is 16.5. The molecule has 0 saturated heterocycles. The van der Waals surface area contributed by atoms with Crippen molar-refractivity contribution < 1.29 is 0 Å². The van der Waals surface area contributed by atoms with Crippen LogP contribution in [0.5, 0.6) is 0 Å². The van der Waals surface area contributed by atoms with E-state index in [1.807, 2.05) is 11.3 Å². The van der Waals surface area contributed by atoms with Gasteiger partial charge in [-0.05, 0) is 138 Å². The van der Waals surface area contributed by atoms with E-state index in [2.05, 4.69) is 302 Å². The van der Waals surface area contributed by atoms with Gasteiger partial charge in [-0.15, -0.1) is 11.3 Å². The molecule has 15 rings (SSSR count). The lowest BCUT2D eigenvalue weighted by Gasteiger charge is -2.35. The molecule has 0 radical (unpaired) electrons. The second-order valence-corrected chi connectivity index (χ2v) is 21.3. The van der Waals surface area contributed by atoms with Gasteiger partial charge in [0.2, 0.25) is 0 Å². The van der Waals surface area contributed by atoms with E-state index in [1.54, 1.807) is 0 Å². The van der Waals surface area contributed by atoms with Crippen molar-refractivity contribution in [1.29, 1.82) is 0 Å². The number of nitrogens with zero attached hydrogens (tertiary/aromatic N) is 1. The molecule has 0 bridgehead atoms. The highest BCUT2D eigenvalue weighted by molar-refractivity contribution is 7.26. The van der Waals surface area contributed by atoms with Crippen molar-refractivity contribution in [2.75, 3.05) is 4.90 Å². The van der Waals surface area contributed by atoms with Crippen molar-refractivity contribution in [2.24, 2.45) is 0 Å². The number of anilines is 3. The summed E-state index contributed by atoms with van der Waals surface area (Å²) in [7, 11) is 0. The van der Waals surface area contributed by atoms with Gasteiger partial charge in [-0.25, -0.2) is 0 Å². The summed E-state index contributed by atoms with van der Waals surface area (Å²) < 4.78 is 2.63. The molecule has 0 saturated carbocycles. The van der Waals surface area contributed by atoms with E-state index in [0.29, 0.717) is 0 Å². The van der Waals surface area contributed by atoms with Gasteiger partial charge in [0, 0.05) is 37.2 Å². The van der Waals surface area contributed by atoms with Gasteiger partial charge >= 0.3 is 0 Å². The third kappa shape index (κ3) is 6.57. The molecule has 0 N–H and O–H groups in total. The molecule has 0 amide bonds. The van der Waals surface area contributed by atoms with Crippen LogP contribution in [0.3, 0.4) is 0 Å². The summed E-state index contributed by atoms with van der Waals surface area (Å²) in [4.78, 5) is 2.45. The SMILES string of the molecule is c1ccc(C2(c3ccccc3)c3ccccc3-c3cc(-c4ccc(N(c5ccc(-c6cccc7c6sc6ccccc67)cc5)c5ccc6c(c5)C(c5ccccc5)(c5ccccc5)c5ccccc5-6)cc4)ccc32)cc1. The number of hydrogen-bond acceptors (Lipinski definition) is 2. The molecule has 1 heterocycles. The van der Waals surface area contributed by atoms with Crippen LogP contribution >= 0.6 is 11.3 Å². The first-order chi connectivity index (χ1) is 37.7. The fourth-order valence-electron chi connectivity index (χ4n) is 13.2. The molecular formula is C74H49NS. The zero-order chi connectivity index (χ0) is 50.2. The third-order valence-corrected chi connectivity index (χ3v) is 17.7. The van der Waals surface area contributed by atoms with Crippen molar-refractivity contribution in [1.82, 2.24) is 0 Å². The Morgan fingerprint density at radius 2 is 0.671 bits per heavy atom. The number of hydrogen-bond donors (Lipinski definition) is 0. The lowest BCUT2D eigenvalue weighted by atomic mass is 9.67. The van der Waals surface area contributed by atoms with E-state index in [0.717, 1.165) is 17.1 Å². The smallest absolute Gasteiger partial charge is 0.0714 e. The highest BCUT2D eigenvalue weighted by Crippen LogP contribution is 2.59. The van der Waals surface area contributed by atoms with Crippen LogP contribution in [0.4, 0.5) is 17.1 Å². The maximum atomic E-state index is 2.47. The highest BCUT2D eigenvalue weighted by Gasteiger charge is 2.47. The molecule has 0 fully saturated rings. The fourth-order valence-corrected chi connectivity index (χ4v) is 14.5. The Morgan fingerprint density at radius 3 is 1.26 bits per heavy atom. The minimum atomic E-state index is -0.530. The molecule has 13 aromatic rings. The Morgan fingerprint density at radius 1 is 0.250 bits per heavy atom. The summed E-state index contributed by atoms with van der Waals surface area (Å²) in [5.41, 5.74) is 22.5. The topological polar surface area (TPSA) is 3.24 Å². The van der Waals surface area contributed by atoms with E-state index >= 15 is 0 Å². The Balaban J connectivity index is 0.887. The van der Waals surface area contributed by atoms with Crippen LogP contribution < -0.4 is 4.90 Å². The molecule has 0 aliphatic heterocycles. The first-order valence-corrected chi connectivity index (χ1v) is 27.1. The number of thiophene rings is 1. The van der Waals surface area contributed by atoms with Gasteiger partial charge in [0.05, 0.1) is 10.8 Å². The van der Waals surface area contributed by atoms with Crippen LogP contribution in [0.15, 0.2) is 297 Å². The van der Waals surface area contributed by atoms with Crippen LogP contribution in [0.25, 0.3) is 64.7 Å². The van der Waals surface area contributed by atoms with Gasteiger partial charge in [-0.1, -0.05) is 249 Å². The Bertz CT molecular complexity index is 4230. The number of rotatable bonds is 9. The van der Waals surface area contributed by atoms with Crippen molar-refractivity contribution in [3.8, 4) is 44.5 Å². The summed E-state index contributed by atoms with van der Waals surface area (Å²) in [5, 5.41) is 2.62. The van der Waals surface area contributed by atoms with Crippen LogP contribution in [0, 0.1) is 0 Å². The van der Waals surface area contributed by atoms with Crippen molar-refractivity contribution in [3.63, 3.8) is 0 Å². The molecule has 2 heteroatoms. The standard InChI is InChI=1S/C74H49NS/c1-5-20-53(21-6-1)73(54-22-7-2-8-23-54)68-34-17-14-29-62(68)66-48-52(40-47-69(66)73)50-36-41-57(42-37-50)75(58-43-38-51(39-44-58)60-31-19-32-65-64-30-15-18-35-71(64)76-72(60)65)59-45-46-63-61-28-13-16-33-67(61)74(70(63)49-59,55-24-9-3-10-25-55)56-26-11-4-12-27-56/h1-49H. The van der Waals surface area contributed by atoms with Crippen molar-refractivity contribution >= 4 is 48.6 Å². The Labute approximate surface area is 447 Å². The van der Waals surface area contributed by atoms with E-state index in [-0.39, 0.29) is 0 Å². The molecule has 76 heavy (non-hydrogen) atoms. The minimum absolute atomic E-state index is 0.437. The summed E-state index contributed by atoms with van der Waals surface area (Å²) >= 11 is 1.88. The predicted molar refractivity (Wildman–Crippen MR) is 319 cm³/mol. The Hall–Kier alpha value is -9.34. The zero-order valence-corrected chi connectivity index (χ0v) is 42.5. The van der Waals surface area contributed by atoms with Gasteiger partial charge in [-0.3, -0.25) is 0 Å². The maximum absolute atomic E-state index is 2.47. The lowest BCUT2D eigenvalue weighted by Crippen LogP contribution is -2.28.